The van der Waals surface area contributed by atoms with E-state index < -0.39 is 11.7 Å². The van der Waals surface area contributed by atoms with E-state index in [1.54, 1.807) is 4.52 Å². The molecule has 0 aliphatic carbocycles. The molecule has 24 heavy (non-hydrogen) atoms. The second-order valence-corrected chi connectivity index (χ2v) is 6.83. The van der Waals surface area contributed by atoms with Gasteiger partial charge in [-0.05, 0) is 44.5 Å². The van der Waals surface area contributed by atoms with E-state index >= 15 is 0 Å². The molecule has 0 fully saturated rings. The van der Waals surface area contributed by atoms with Crippen molar-refractivity contribution in [2.24, 2.45) is 0 Å². The number of alkyl halides is 3. The van der Waals surface area contributed by atoms with Crippen molar-refractivity contribution in [3.63, 3.8) is 0 Å². The van der Waals surface area contributed by atoms with Gasteiger partial charge in [-0.2, -0.15) is 18.2 Å². The predicted octanol–water partition coefficient (Wildman–Crippen LogP) is 4.61. The molecular formula is C16H15F3N4S. The van der Waals surface area contributed by atoms with Crippen molar-refractivity contribution < 1.29 is 13.2 Å². The minimum atomic E-state index is -4.32. The lowest BCUT2D eigenvalue weighted by Gasteiger charge is -2.11. The van der Waals surface area contributed by atoms with Crippen molar-refractivity contribution in [3.05, 3.63) is 52.8 Å². The molecule has 1 atom stereocenters. The first-order valence-corrected chi connectivity index (χ1v) is 8.17. The van der Waals surface area contributed by atoms with Gasteiger partial charge in [-0.1, -0.05) is 23.9 Å². The molecule has 0 N–H and O–H groups in total. The van der Waals surface area contributed by atoms with Crippen LogP contribution in [0.1, 0.15) is 34.7 Å². The molecule has 8 heteroatoms. The fourth-order valence-electron chi connectivity index (χ4n) is 2.37. The maximum Gasteiger partial charge on any atom is 0.416 e. The molecule has 0 spiro atoms. The highest BCUT2D eigenvalue weighted by atomic mass is 32.2. The van der Waals surface area contributed by atoms with Crippen LogP contribution in [0.4, 0.5) is 13.2 Å². The maximum atomic E-state index is 12.6. The Morgan fingerprint density at radius 3 is 2.38 bits per heavy atom. The highest BCUT2D eigenvalue weighted by molar-refractivity contribution is 7.99. The normalized spacial score (nSPS) is 13.4. The molecule has 2 heterocycles. The van der Waals surface area contributed by atoms with Gasteiger partial charge >= 0.3 is 6.18 Å². The van der Waals surface area contributed by atoms with Crippen molar-refractivity contribution >= 4 is 17.5 Å². The van der Waals surface area contributed by atoms with Crippen LogP contribution in [0.25, 0.3) is 5.78 Å². The van der Waals surface area contributed by atoms with Crippen LogP contribution in [0.5, 0.6) is 0 Å². The highest BCUT2D eigenvalue weighted by Crippen LogP contribution is 2.35. The fraction of sp³-hybridized carbons (Fsp3) is 0.312. The first kappa shape index (κ1) is 16.8. The summed E-state index contributed by atoms with van der Waals surface area (Å²) in [6.07, 6.45) is -4.32. The zero-order valence-electron chi connectivity index (χ0n) is 13.3. The largest absolute Gasteiger partial charge is 0.416 e. The highest BCUT2D eigenvalue weighted by Gasteiger charge is 2.30. The standard InChI is InChI=1S/C16H15F3N4S/c1-9-8-10(2)23-14(20-9)21-15(22-23)24-11(3)12-4-6-13(7-5-12)16(17,18)19/h4-8,11H,1-3H3. The Morgan fingerprint density at radius 1 is 1.08 bits per heavy atom. The van der Waals surface area contributed by atoms with Crippen molar-refractivity contribution in [3.8, 4) is 0 Å². The molecule has 0 amide bonds. The summed E-state index contributed by atoms with van der Waals surface area (Å²) in [5.74, 6) is 0.523. The first-order chi connectivity index (χ1) is 11.2. The third kappa shape index (κ3) is 3.38. The van der Waals surface area contributed by atoms with Crippen LogP contribution in [0, 0.1) is 13.8 Å². The summed E-state index contributed by atoms with van der Waals surface area (Å²) in [5.41, 5.74) is 1.93. The van der Waals surface area contributed by atoms with E-state index in [1.807, 2.05) is 26.8 Å². The summed E-state index contributed by atoms with van der Waals surface area (Å²) in [7, 11) is 0. The molecule has 3 aromatic rings. The molecule has 0 aliphatic rings. The average molecular weight is 352 g/mol. The van der Waals surface area contributed by atoms with Crippen LogP contribution in [0.3, 0.4) is 0 Å². The van der Waals surface area contributed by atoms with E-state index in [-0.39, 0.29) is 5.25 Å². The van der Waals surface area contributed by atoms with Crippen LogP contribution in [0.2, 0.25) is 0 Å². The quantitative estimate of drug-likeness (QED) is 0.646. The van der Waals surface area contributed by atoms with Gasteiger partial charge in [0.25, 0.3) is 5.78 Å². The summed E-state index contributed by atoms with van der Waals surface area (Å²) in [6.45, 7) is 5.72. The van der Waals surface area contributed by atoms with E-state index in [0.29, 0.717) is 10.9 Å². The molecule has 0 saturated heterocycles. The number of benzene rings is 1. The predicted molar refractivity (Wildman–Crippen MR) is 86.0 cm³/mol. The Labute approximate surface area is 141 Å². The van der Waals surface area contributed by atoms with Gasteiger partial charge in [0.2, 0.25) is 5.16 Å². The summed E-state index contributed by atoms with van der Waals surface area (Å²) in [6, 6.07) is 7.08. The van der Waals surface area contributed by atoms with Gasteiger partial charge in [-0.25, -0.2) is 9.50 Å². The smallest absolute Gasteiger partial charge is 0.216 e. The number of hydrogen-bond acceptors (Lipinski definition) is 4. The van der Waals surface area contributed by atoms with Crippen molar-refractivity contribution in [2.75, 3.05) is 0 Å². The second kappa shape index (κ2) is 6.08. The van der Waals surface area contributed by atoms with Gasteiger partial charge in [0, 0.05) is 16.6 Å². The number of rotatable bonds is 3. The molecule has 3 rings (SSSR count). The summed E-state index contributed by atoms with van der Waals surface area (Å²) in [5, 5.41) is 4.87. The molecule has 2 aromatic heterocycles. The lowest BCUT2D eigenvalue weighted by atomic mass is 10.1. The number of halogens is 3. The lowest BCUT2D eigenvalue weighted by molar-refractivity contribution is -0.137. The monoisotopic (exact) mass is 352 g/mol. The molecule has 0 aliphatic heterocycles. The fourth-order valence-corrected chi connectivity index (χ4v) is 3.24. The molecule has 0 bridgehead atoms. The van der Waals surface area contributed by atoms with Crippen LogP contribution < -0.4 is 0 Å². The Bertz CT molecular complexity index is 871. The summed E-state index contributed by atoms with van der Waals surface area (Å²) in [4.78, 5) is 8.71. The van der Waals surface area contributed by atoms with Gasteiger partial charge in [0.05, 0.1) is 5.56 Å². The van der Waals surface area contributed by atoms with E-state index in [2.05, 4.69) is 15.1 Å². The van der Waals surface area contributed by atoms with Crippen LogP contribution in [-0.2, 0) is 6.18 Å². The van der Waals surface area contributed by atoms with Gasteiger partial charge in [-0.15, -0.1) is 5.10 Å². The third-order valence-corrected chi connectivity index (χ3v) is 4.60. The molecule has 4 nitrogen and oxygen atoms in total. The van der Waals surface area contributed by atoms with Gasteiger partial charge in [-0.3, -0.25) is 0 Å². The minimum Gasteiger partial charge on any atom is -0.216 e. The average Bonchev–Trinajstić information content (AvgIpc) is 2.89. The Balaban J connectivity index is 1.82. The zero-order chi connectivity index (χ0) is 17.5. The van der Waals surface area contributed by atoms with Gasteiger partial charge in [0.1, 0.15) is 0 Å². The molecule has 0 radical (unpaired) electrons. The molecular weight excluding hydrogens is 337 g/mol. The van der Waals surface area contributed by atoms with E-state index in [4.69, 9.17) is 0 Å². The lowest BCUT2D eigenvalue weighted by Crippen LogP contribution is -2.04. The number of aromatic nitrogens is 4. The SMILES string of the molecule is Cc1cc(C)n2nc(SC(C)c3ccc(C(F)(F)F)cc3)nc2n1. The van der Waals surface area contributed by atoms with E-state index in [1.165, 1.54) is 23.9 Å². The number of thioether (sulfide) groups is 1. The topological polar surface area (TPSA) is 43.1 Å². The Kier molecular flexibility index (Phi) is 4.25. The molecule has 126 valence electrons. The molecule has 1 aromatic carbocycles. The summed E-state index contributed by atoms with van der Waals surface area (Å²) >= 11 is 1.39. The third-order valence-electron chi connectivity index (χ3n) is 3.59. The van der Waals surface area contributed by atoms with Crippen molar-refractivity contribution in [2.45, 2.75) is 37.4 Å². The van der Waals surface area contributed by atoms with Gasteiger partial charge < -0.3 is 0 Å². The number of aryl methyl sites for hydroxylation is 2. The molecule has 0 saturated carbocycles. The zero-order valence-corrected chi connectivity index (χ0v) is 14.1. The van der Waals surface area contributed by atoms with Crippen LogP contribution in [0.15, 0.2) is 35.5 Å². The number of nitrogens with zero attached hydrogens (tertiary/aromatic N) is 4. The van der Waals surface area contributed by atoms with Crippen molar-refractivity contribution in [1.82, 2.24) is 19.6 Å². The number of hydrogen-bond donors (Lipinski definition) is 0. The Hall–Kier alpha value is -2.09. The number of fused-ring (bicyclic) bond motifs is 1. The Morgan fingerprint density at radius 2 is 1.75 bits per heavy atom. The molecule has 1 unspecified atom stereocenters. The minimum absolute atomic E-state index is 0.0777. The summed E-state index contributed by atoms with van der Waals surface area (Å²) < 4.78 is 39.5. The van der Waals surface area contributed by atoms with E-state index in [0.717, 1.165) is 29.1 Å². The maximum absolute atomic E-state index is 12.6. The van der Waals surface area contributed by atoms with Gasteiger partial charge in [0.15, 0.2) is 0 Å². The second-order valence-electron chi connectivity index (χ2n) is 5.52. The van der Waals surface area contributed by atoms with Crippen LogP contribution in [-0.4, -0.2) is 19.6 Å². The van der Waals surface area contributed by atoms with Crippen LogP contribution >= 0.6 is 11.8 Å². The first-order valence-electron chi connectivity index (χ1n) is 7.29. The van der Waals surface area contributed by atoms with Crippen molar-refractivity contribution in [1.29, 1.82) is 0 Å². The van der Waals surface area contributed by atoms with E-state index in [9.17, 15) is 13.2 Å².